The van der Waals surface area contributed by atoms with Crippen LogP contribution in [0.5, 0.6) is 0 Å². The lowest BCUT2D eigenvalue weighted by molar-refractivity contribution is -0.540. The van der Waals surface area contributed by atoms with Gasteiger partial charge in [0, 0.05) is 10.4 Å². The van der Waals surface area contributed by atoms with E-state index >= 15 is 0 Å². The average Bonchev–Trinajstić information content (AvgIpc) is 3.29. The molecule has 50 heavy (non-hydrogen) atoms. The zero-order valence-electron chi connectivity index (χ0n) is 29.1. The third kappa shape index (κ3) is 5.49. The quantitative estimate of drug-likeness (QED) is 0.174. The maximum atomic E-state index is 13.1. The van der Waals surface area contributed by atoms with E-state index in [1.807, 2.05) is 24.3 Å². The standard InChI is InChI=1S/C38H36N8O4/c1-35(2)36(3,4)44(48)33(43(35)47)31-19-11-15-27(41-31)23-21-25-13-9-17-29(39-25)30-18-10-14-26(40-30)22-24-28-16-12-20-32(42-28)34-45(49)37(5,6)38(7,8)46(34)50/h9-20H,1-8H3. The molecule has 2 aliphatic rings. The first kappa shape index (κ1) is 34.1. The van der Waals surface area contributed by atoms with Crippen molar-refractivity contribution in [3.63, 3.8) is 0 Å². The van der Waals surface area contributed by atoms with Crippen molar-refractivity contribution in [2.75, 3.05) is 0 Å². The van der Waals surface area contributed by atoms with Crippen molar-refractivity contribution in [1.29, 1.82) is 0 Å². The third-order valence-corrected chi connectivity index (χ3v) is 10.1. The van der Waals surface area contributed by atoms with Gasteiger partial charge in [0.25, 0.3) is 0 Å². The maximum Gasteiger partial charge on any atom is 0.335 e. The summed E-state index contributed by atoms with van der Waals surface area (Å²) in [5.41, 5.74) is -0.487. The first-order valence-corrected chi connectivity index (χ1v) is 16.0. The Bertz CT molecular complexity index is 2060. The number of aromatic nitrogens is 4. The van der Waals surface area contributed by atoms with Crippen molar-refractivity contribution in [2.24, 2.45) is 0 Å². The van der Waals surface area contributed by atoms with E-state index < -0.39 is 22.2 Å². The fourth-order valence-electron chi connectivity index (χ4n) is 5.44. The van der Waals surface area contributed by atoms with Gasteiger partial charge in [-0.25, -0.2) is 19.9 Å². The fourth-order valence-corrected chi connectivity index (χ4v) is 5.44. The van der Waals surface area contributed by atoms with Crippen molar-refractivity contribution in [1.82, 2.24) is 30.1 Å². The molecule has 0 N–H and O–H groups in total. The molecule has 6 heterocycles. The lowest BCUT2D eigenvalue weighted by Gasteiger charge is -2.32. The van der Waals surface area contributed by atoms with E-state index in [-0.39, 0.29) is 23.1 Å². The van der Waals surface area contributed by atoms with Crippen LogP contribution in [0.1, 0.15) is 89.6 Å². The molecule has 4 aromatic rings. The van der Waals surface area contributed by atoms with E-state index in [0.717, 1.165) is 19.6 Å². The molecular formula is C38H36N8O4. The summed E-state index contributed by atoms with van der Waals surface area (Å²) >= 11 is 0. The van der Waals surface area contributed by atoms with Gasteiger partial charge in [-0.2, -0.15) is 0 Å². The highest BCUT2D eigenvalue weighted by atomic mass is 16.5. The summed E-state index contributed by atoms with van der Waals surface area (Å²) in [5, 5.41) is 53.8. The van der Waals surface area contributed by atoms with Gasteiger partial charge in [-0.15, -0.1) is 0 Å². The zero-order chi connectivity index (χ0) is 36.2. The minimum absolute atomic E-state index is 0.0506. The van der Waals surface area contributed by atoms with Gasteiger partial charge in [-0.1, -0.05) is 34.4 Å². The summed E-state index contributed by atoms with van der Waals surface area (Å²) in [6, 6.07) is 20.8. The molecule has 2 radical (unpaired) electrons. The van der Waals surface area contributed by atoms with Crippen LogP contribution in [0.3, 0.4) is 0 Å². The number of hydrogen-bond acceptors (Lipinski definition) is 8. The Hall–Kier alpha value is -5.82. The molecule has 4 aromatic heterocycles. The summed E-state index contributed by atoms with van der Waals surface area (Å²) in [6.45, 7) is 13.9. The first-order chi connectivity index (χ1) is 23.5. The van der Waals surface area contributed by atoms with Crippen LogP contribution in [0.15, 0.2) is 72.8 Å². The van der Waals surface area contributed by atoms with E-state index in [1.165, 1.54) is 0 Å². The highest BCUT2D eigenvalue weighted by molar-refractivity contribution is 5.95. The molecule has 0 saturated heterocycles. The van der Waals surface area contributed by atoms with Crippen LogP contribution in [0, 0.1) is 34.1 Å². The van der Waals surface area contributed by atoms with E-state index in [2.05, 4.69) is 43.6 Å². The summed E-state index contributed by atoms with van der Waals surface area (Å²) in [6.07, 6.45) is 0. The molecule has 0 aliphatic carbocycles. The zero-order valence-corrected chi connectivity index (χ0v) is 29.1. The van der Waals surface area contributed by atoms with Crippen LogP contribution < -0.4 is 0 Å². The van der Waals surface area contributed by atoms with Gasteiger partial charge in [0.15, 0.2) is 22.5 Å². The molecule has 0 fully saturated rings. The molecule has 12 nitrogen and oxygen atoms in total. The van der Waals surface area contributed by atoms with Gasteiger partial charge < -0.3 is 10.4 Å². The number of pyridine rings is 4. The third-order valence-electron chi connectivity index (χ3n) is 10.1. The Morgan fingerprint density at radius 1 is 0.480 bits per heavy atom. The van der Waals surface area contributed by atoms with Crippen LogP contribution in [-0.2, 0) is 10.4 Å². The topological polar surface area (TPSA) is 150 Å². The van der Waals surface area contributed by atoms with Crippen molar-refractivity contribution < 1.29 is 19.9 Å². The van der Waals surface area contributed by atoms with Crippen molar-refractivity contribution in [2.45, 2.75) is 77.5 Å². The van der Waals surface area contributed by atoms with E-state index in [0.29, 0.717) is 34.2 Å². The molecule has 0 spiro atoms. The highest BCUT2D eigenvalue weighted by Crippen LogP contribution is 2.38. The van der Waals surface area contributed by atoms with E-state index in [4.69, 9.17) is 0 Å². The van der Waals surface area contributed by atoms with Crippen molar-refractivity contribution in [3.05, 3.63) is 117 Å². The fraction of sp³-hybridized carbons (Fsp3) is 0.316. The molecule has 6 rings (SSSR count). The van der Waals surface area contributed by atoms with Crippen molar-refractivity contribution >= 4 is 11.7 Å². The second-order valence-corrected chi connectivity index (χ2v) is 14.2. The smallest absolute Gasteiger partial charge is 0.335 e. The number of rotatable bonds is 3. The largest absolute Gasteiger partial charge is 0.714 e. The Morgan fingerprint density at radius 3 is 1.00 bits per heavy atom. The van der Waals surface area contributed by atoms with Crippen molar-refractivity contribution in [3.8, 4) is 35.1 Å². The minimum Gasteiger partial charge on any atom is -0.714 e. The molecule has 0 amide bonds. The van der Waals surface area contributed by atoms with Gasteiger partial charge in [-0.3, -0.25) is 9.48 Å². The number of hydrogen-bond donors (Lipinski definition) is 0. The second-order valence-electron chi connectivity index (χ2n) is 14.2. The number of nitrogens with zero attached hydrogens (tertiary/aromatic N) is 8. The average molecular weight is 669 g/mol. The Balaban J connectivity index is 1.23. The first-order valence-electron chi connectivity index (χ1n) is 16.0. The minimum atomic E-state index is -0.956. The highest BCUT2D eigenvalue weighted by Gasteiger charge is 2.61. The SMILES string of the molecule is CC1(C)N([O])C(c2cccc(C#Cc3cccc(-c4cccc(C#Cc5cccc(C6=[N+]([O-])C(C)(C)C(C)(C)N6[O])n5)n4)n3)n2)=[N+]([O-])C1(C)C. The summed E-state index contributed by atoms with van der Waals surface area (Å²) in [5.74, 6) is 11.9. The van der Waals surface area contributed by atoms with Gasteiger partial charge in [0.1, 0.15) is 33.9 Å². The van der Waals surface area contributed by atoms with E-state index in [9.17, 15) is 20.8 Å². The van der Waals surface area contributed by atoms with E-state index in [1.54, 1.807) is 104 Å². The number of amidine groups is 2. The second kappa shape index (κ2) is 11.9. The molecule has 0 atom stereocenters. The van der Waals surface area contributed by atoms with Gasteiger partial charge in [0.05, 0.1) is 11.4 Å². The molecule has 0 unspecified atom stereocenters. The molecule has 0 aromatic carbocycles. The van der Waals surface area contributed by atoms with Gasteiger partial charge in [-0.05, 0) is 128 Å². The van der Waals surface area contributed by atoms with Gasteiger partial charge in [0.2, 0.25) is 0 Å². The molecule has 252 valence electrons. The number of hydroxylamine groups is 6. The molecule has 12 heteroatoms. The lowest BCUT2D eigenvalue weighted by atomic mass is 9.84. The monoisotopic (exact) mass is 668 g/mol. The predicted octanol–water partition coefficient (Wildman–Crippen LogP) is 4.68. The molecule has 0 saturated carbocycles. The Morgan fingerprint density at radius 2 is 0.740 bits per heavy atom. The normalized spacial score (nSPS) is 18.4. The molecule has 0 bridgehead atoms. The van der Waals surface area contributed by atoms with Crippen LogP contribution in [0.4, 0.5) is 0 Å². The maximum absolute atomic E-state index is 13.1. The summed E-state index contributed by atoms with van der Waals surface area (Å²) in [7, 11) is 0. The molecular weight excluding hydrogens is 632 g/mol. The van der Waals surface area contributed by atoms with Crippen LogP contribution in [0.2, 0.25) is 0 Å². The van der Waals surface area contributed by atoms with Crippen LogP contribution in [0.25, 0.3) is 11.4 Å². The Labute approximate surface area is 291 Å². The molecule has 2 aliphatic heterocycles. The summed E-state index contributed by atoms with van der Waals surface area (Å²) < 4.78 is 1.45. The summed E-state index contributed by atoms with van der Waals surface area (Å²) in [4.78, 5) is 18.3. The van der Waals surface area contributed by atoms with Crippen LogP contribution >= 0.6 is 0 Å². The lowest BCUT2D eigenvalue weighted by Crippen LogP contribution is -2.53. The van der Waals surface area contributed by atoms with Gasteiger partial charge >= 0.3 is 11.7 Å². The van der Waals surface area contributed by atoms with Crippen LogP contribution in [-0.4, -0.2) is 73.4 Å². The predicted molar refractivity (Wildman–Crippen MR) is 185 cm³/mol. The Kier molecular flexibility index (Phi) is 8.14.